The molecule has 0 spiro atoms. The Kier molecular flexibility index (Phi) is 6.45. The second-order valence-electron chi connectivity index (χ2n) is 8.22. The summed E-state index contributed by atoms with van der Waals surface area (Å²) in [6.45, 7) is 10.6. The molecule has 0 N–H and O–H groups in total. The minimum atomic E-state index is 0.348. The molecule has 0 aliphatic carbocycles. The molecule has 28 heavy (non-hydrogen) atoms. The second-order valence-corrected chi connectivity index (χ2v) is 9.13. The molecule has 2 unspecified atom stereocenters. The lowest BCUT2D eigenvalue weighted by Gasteiger charge is -2.39. The van der Waals surface area contributed by atoms with Gasteiger partial charge in [-0.1, -0.05) is 33.2 Å². The van der Waals surface area contributed by atoms with Gasteiger partial charge in [0.25, 0.3) is 0 Å². The molecule has 7 heteroatoms. The van der Waals surface area contributed by atoms with Crippen LogP contribution in [0.5, 0.6) is 0 Å². The Morgan fingerprint density at radius 3 is 2.57 bits per heavy atom. The number of ether oxygens (including phenoxy) is 1. The van der Waals surface area contributed by atoms with Crippen LogP contribution in [0.25, 0.3) is 11.4 Å². The fourth-order valence-electron chi connectivity index (χ4n) is 4.38. The molecule has 0 amide bonds. The normalized spacial score (nSPS) is 25.2. The molecule has 2 fully saturated rings. The van der Waals surface area contributed by atoms with Gasteiger partial charge in [-0.2, -0.15) is 4.98 Å². The zero-order valence-electron chi connectivity index (χ0n) is 16.7. The van der Waals surface area contributed by atoms with E-state index in [1.807, 2.05) is 24.3 Å². The number of aromatic nitrogens is 2. The van der Waals surface area contributed by atoms with Crippen molar-refractivity contribution in [2.75, 3.05) is 32.7 Å². The number of benzene rings is 1. The van der Waals surface area contributed by atoms with Gasteiger partial charge in [-0.25, -0.2) is 0 Å². The molecule has 0 bridgehead atoms. The first-order chi connectivity index (χ1) is 13.5. The molecule has 2 aliphatic rings. The summed E-state index contributed by atoms with van der Waals surface area (Å²) >= 11 is 3.49. The second kappa shape index (κ2) is 9.03. The highest BCUT2D eigenvalue weighted by Crippen LogP contribution is 2.23. The van der Waals surface area contributed by atoms with E-state index in [1.165, 1.54) is 19.4 Å². The lowest BCUT2D eigenvalue weighted by atomic mass is 9.95. The van der Waals surface area contributed by atoms with Crippen molar-refractivity contribution >= 4 is 15.9 Å². The van der Waals surface area contributed by atoms with Gasteiger partial charge in [-0.15, -0.1) is 0 Å². The highest BCUT2D eigenvalue weighted by atomic mass is 79.9. The fourth-order valence-corrected chi connectivity index (χ4v) is 4.78. The van der Waals surface area contributed by atoms with Crippen molar-refractivity contribution in [3.63, 3.8) is 0 Å². The van der Waals surface area contributed by atoms with Gasteiger partial charge in [0.1, 0.15) is 0 Å². The summed E-state index contributed by atoms with van der Waals surface area (Å²) in [6.07, 6.45) is 3.15. The van der Waals surface area contributed by atoms with Crippen molar-refractivity contribution < 1.29 is 9.26 Å². The van der Waals surface area contributed by atoms with Gasteiger partial charge in [0, 0.05) is 29.7 Å². The van der Waals surface area contributed by atoms with E-state index in [0.29, 0.717) is 23.9 Å². The van der Waals surface area contributed by atoms with Gasteiger partial charge >= 0.3 is 0 Å². The van der Waals surface area contributed by atoms with Crippen LogP contribution in [0.1, 0.15) is 32.6 Å². The number of halogens is 1. The molecule has 0 radical (unpaired) electrons. The maximum atomic E-state index is 5.85. The van der Waals surface area contributed by atoms with E-state index >= 15 is 0 Å². The smallest absolute Gasteiger partial charge is 0.241 e. The van der Waals surface area contributed by atoms with Gasteiger partial charge in [-0.3, -0.25) is 9.80 Å². The Morgan fingerprint density at radius 1 is 1.11 bits per heavy atom. The minimum absolute atomic E-state index is 0.348. The maximum absolute atomic E-state index is 5.85. The molecule has 152 valence electrons. The van der Waals surface area contributed by atoms with Crippen LogP contribution in [0, 0.1) is 5.92 Å². The van der Waals surface area contributed by atoms with Gasteiger partial charge in [0.15, 0.2) is 0 Å². The molecule has 2 atom stereocenters. The predicted molar refractivity (Wildman–Crippen MR) is 112 cm³/mol. The van der Waals surface area contributed by atoms with Crippen LogP contribution in [0.15, 0.2) is 33.3 Å². The van der Waals surface area contributed by atoms with Crippen molar-refractivity contribution in [1.29, 1.82) is 0 Å². The van der Waals surface area contributed by atoms with Crippen LogP contribution in [0.4, 0.5) is 0 Å². The van der Waals surface area contributed by atoms with Gasteiger partial charge in [-0.05, 0) is 57.8 Å². The predicted octanol–water partition coefficient (Wildman–Crippen LogP) is 3.82. The monoisotopic (exact) mass is 448 g/mol. The molecule has 2 aliphatic heterocycles. The molecule has 1 aromatic carbocycles. The number of morpholine rings is 1. The first-order valence-corrected chi connectivity index (χ1v) is 11.0. The zero-order valence-corrected chi connectivity index (χ0v) is 18.3. The van der Waals surface area contributed by atoms with E-state index in [-0.39, 0.29) is 0 Å². The van der Waals surface area contributed by atoms with E-state index < -0.39 is 0 Å². The number of nitrogens with zero attached hydrogens (tertiary/aromatic N) is 4. The molecule has 2 aromatic rings. The molecule has 0 saturated carbocycles. The van der Waals surface area contributed by atoms with Crippen molar-refractivity contribution in [2.24, 2.45) is 5.92 Å². The van der Waals surface area contributed by atoms with E-state index in [1.54, 1.807) is 0 Å². The van der Waals surface area contributed by atoms with Crippen LogP contribution >= 0.6 is 15.9 Å². The highest BCUT2D eigenvalue weighted by molar-refractivity contribution is 9.10. The van der Waals surface area contributed by atoms with Gasteiger partial charge in [0.05, 0.1) is 18.8 Å². The quantitative estimate of drug-likeness (QED) is 0.692. The Balaban J connectivity index is 1.26. The summed E-state index contributed by atoms with van der Waals surface area (Å²) in [6, 6.07) is 7.98. The number of rotatable bonds is 5. The summed E-state index contributed by atoms with van der Waals surface area (Å²) in [5.74, 6) is 2.12. The van der Waals surface area contributed by atoms with Crippen LogP contribution in [0.3, 0.4) is 0 Å². The SMILES string of the molecule is CC1CN(CC2CCN(Cc3nc(-c4cccc(Br)c4)no3)CC2)CC(C)O1. The summed E-state index contributed by atoms with van der Waals surface area (Å²) in [5, 5.41) is 4.15. The van der Waals surface area contributed by atoms with E-state index in [4.69, 9.17) is 9.26 Å². The Bertz CT molecular complexity index is 765. The van der Waals surface area contributed by atoms with Crippen LogP contribution < -0.4 is 0 Å². The van der Waals surface area contributed by atoms with Gasteiger partial charge in [0.2, 0.25) is 11.7 Å². The number of hydrogen-bond acceptors (Lipinski definition) is 6. The topological polar surface area (TPSA) is 54.6 Å². The molecule has 2 saturated heterocycles. The summed E-state index contributed by atoms with van der Waals surface area (Å²) in [7, 11) is 0. The molecule has 1 aromatic heterocycles. The third-order valence-corrected chi connectivity index (χ3v) is 6.12. The number of likely N-dealkylation sites (tertiary alicyclic amines) is 1. The van der Waals surface area contributed by atoms with Crippen LogP contribution in [-0.4, -0.2) is 64.9 Å². The first-order valence-electron chi connectivity index (χ1n) is 10.2. The number of piperidine rings is 1. The molecular formula is C21H29BrN4O2. The van der Waals surface area contributed by atoms with Crippen LogP contribution in [-0.2, 0) is 11.3 Å². The van der Waals surface area contributed by atoms with E-state index in [2.05, 4.69) is 49.7 Å². The Hall–Kier alpha value is -1.28. The maximum Gasteiger partial charge on any atom is 0.241 e. The van der Waals surface area contributed by atoms with Crippen molar-refractivity contribution in [3.8, 4) is 11.4 Å². The third-order valence-electron chi connectivity index (χ3n) is 5.63. The zero-order chi connectivity index (χ0) is 19.5. The number of hydrogen-bond donors (Lipinski definition) is 0. The lowest BCUT2D eigenvalue weighted by molar-refractivity contribution is -0.0732. The van der Waals surface area contributed by atoms with Crippen molar-refractivity contribution in [2.45, 2.75) is 45.4 Å². The molecule has 6 nitrogen and oxygen atoms in total. The average Bonchev–Trinajstić information content (AvgIpc) is 3.11. The third kappa shape index (κ3) is 5.20. The lowest BCUT2D eigenvalue weighted by Crippen LogP contribution is -2.48. The fraction of sp³-hybridized carbons (Fsp3) is 0.619. The average molecular weight is 449 g/mol. The Morgan fingerprint density at radius 2 is 1.86 bits per heavy atom. The van der Waals surface area contributed by atoms with E-state index in [9.17, 15) is 0 Å². The van der Waals surface area contributed by atoms with Gasteiger partial charge < -0.3 is 9.26 Å². The van der Waals surface area contributed by atoms with Crippen molar-refractivity contribution in [3.05, 3.63) is 34.6 Å². The summed E-state index contributed by atoms with van der Waals surface area (Å²) < 4.78 is 12.4. The summed E-state index contributed by atoms with van der Waals surface area (Å²) in [4.78, 5) is 9.60. The van der Waals surface area contributed by atoms with Crippen LogP contribution in [0.2, 0.25) is 0 Å². The molecule has 3 heterocycles. The standard InChI is InChI=1S/C21H29BrN4O2/c1-15-11-26(12-16(2)27-15)13-17-6-8-25(9-7-17)14-20-23-21(24-28-20)18-4-3-5-19(22)10-18/h3-5,10,15-17H,6-9,11-14H2,1-2H3. The van der Waals surface area contributed by atoms with Crippen molar-refractivity contribution in [1.82, 2.24) is 19.9 Å². The first kappa shape index (κ1) is 20.0. The molecule has 4 rings (SSSR count). The largest absolute Gasteiger partial charge is 0.373 e. The Labute approximate surface area is 175 Å². The summed E-state index contributed by atoms with van der Waals surface area (Å²) in [5.41, 5.74) is 0.969. The molecular weight excluding hydrogens is 420 g/mol. The minimum Gasteiger partial charge on any atom is -0.373 e. The van der Waals surface area contributed by atoms with E-state index in [0.717, 1.165) is 48.7 Å². The highest BCUT2D eigenvalue weighted by Gasteiger charge is 2.27.